The van der Waals surface area contributed by atoms with Gasteiger partial charge in [-0.2, -0.15) is 0 Å². The average molecular weight is 169 g/mol. The summed E-state index contributed by atoms with van der Waals surface area (Å²) < 4.78 is 0. The Morgan fingerprint density at radius 3 is 2.33 bits per heavy atom. The maximum Gasteiger partial charge on any atom is 0.0724 e. The summed E-state index contributed by atoms with van der Waals surface area (Å²) in [4.78, 5) is 0. The minimum atomic E-state index is -0.217. The molecule has 70 valence electrons. The Morgan fingerprint density at radius 1 is 1.17 bits per heavy atom. The van der Waals surface area contributed by atoms with E-state index in [1.54, 1.807) is 0 Å². The second-order valence-electron chi connectivity index (χ2n) is 4.54. The first-order valence-electron chi connectivity index (χ1n) is 5.15. The van der Waals surface area contributed by atoms with E-state index in [9.17, 15) is 5.11 Å². The van der Waals surface area contributed by atoms with Gasteiger partial charge in [0.2, 0.25) is 0 Å². The van der Waals surface area contributed by atoms with Crippen molar-refractivity contribution in [3.8, 4) is 0 Å². The summed E-state index contributed by atoms with van der Waals surface area (Å²) in [5.74, 6) is 1.76. The number of nitrogens with two attached hydrogens (primary N) is 1. The second-order valence-corrected chi connectivity index (χ2v) is 4.54. The quantitative estimate of drug-likeness (QED) is 0.571. The lowest BCUT2D eigenvalue weighted by Crippen LogP contribution is -2.35. The van der Waals surface area contributed by atoms with Gasteiger partial charge in [-0.1, -0.05) is 19.8 Å². The van der Waals surface area contributed by atoms with Crippen molar-refractivity contribution in [2.45, 2.75) is 44.8 Å². The van der Waals surface area contributed by atoms with Crippen LogP contribution in [0.3, 0.4) is 0 Å². The van der Waals surface area contributed by atoms with Gasteiger partial charge in [0.1, 0.15) is 0 Å². The normalized spacial score (nSPS) is 53.8. The maximum atomic E-state index is 9.84. The van der Waals surface area contributed by atoms with Crippen molar-refractivity contribution in [1.82, 2.24) is 0 Å². The molecule has 0 bridgehead atoms. The van der Waals surface area contributed by atoms with Crippen molar-refractivity contribution in [2.24, 2.45) is 23.5 Å². The lowest BCUT2D eigenvalue weighted by molar-refractivity contribution is 0.0873. The predicted molar refractivity (Wildman–Crippen MR) is 48.6 cm³/mol. The molecule has 0 aromatic rings. The zero-order valence-electron chi connectivity index (χ0n) is 7.74. The molecule has 3 N–H and O–H groups in total. The molecule has 2 aliphatic carbocycles. The SMILES string of the molecule is CC1C(N)C(O)C2CCCCC12. The predicted octanol–water partition coefficient (Wildman–Crippen LogP) is 1.13. The fourth-order valence-corrected chi connectivity index (χ4v) is 3.15. The van der Waals surface area contributed by atoms with Gasteiger partial charge in [0, 0.05) is 6.04 Å². The Labute approximate surface area is 74.1 Å². The van der Waals surface area contributed by atoms with E-state index in [2.05, 4.69) is 6.92 Å². The van der Waals surface area contributed by atoms with Crippen LogP contribution in [0.5, 0.6) is 0 Å². The van der Waals surface area contributed by atoms with Crippen LogP contribution in [-0.2, 0) is 0 Å². The molecule has 2 fully saturated rings. The van der Waals surface area contributed by atoms with Crippen LogP contribution in [-0.4, -0.2) is 17.3 Å². The fraction of sp³-hybridized carbons (Fsp3) is 1.00. The van der Waals surface area contributed by atoms with Crippen molar-refractivity contribution in [1.29, 1.82) is 0 Å². The first-order chi connectivity index (χ1) is 5.72. The summed E-state index contributed by atoms with van der Waals surface area (Å²) >= 11 is 0. The topological polar surface area (TPSA) is 46.2 Å². The Bertz CT molecular complexity index is 153. The van der Waals surface area contributed by atoms with Gasteiger partial charge in [-0.05, 0) is 30.6 Å². The van der Waals surface area contributed by atoms with Crippen LogP contribution in [0.1, 0.15) is 32.6 Å². The van der Waals surface area contributed by atoms with Crippen LogP contribution in [0.2, 0.25) is 0 Å². The average Bonchev–Trinajstić information content (AvgIpc) is 2.33. The van der Waals surface area contributed by atoms with Gasteiger partial charge < -0.3 is 10.8 Å². The van der Waals surface area contributed by atoms with E-state index < -0.39 is 0 Å². The molecule has 2 heteroatoms. The fourth-order valence-electron chi connectivity index (χ4n) is 3.15. The van der Waals surface area contributed by atoms with Gasteiger partial charge in [-0.3, -0.25) is 0 Å². The maximum absolute atomic E-state index is 9.84. The molecule has 0 aliphatic heterocycles. The first kappa shape index (κ1) is 8.52. The number of hydrogen-bond acceptors (Lipinski definition) is 2. The molecule has 0 radical (unpaired) electrons. The van der Waals surface area contributed by atoms with Crippen LogP contribution in [0, 0.1) is 17.8 Å². The van der Waals surface area contributed by atoms with Crippen LogP contribution in [0.4, 0.5) is 0 Å². The zero-order chi connectivity index (χ0) is 8.72. The third-order valence-electron chi connectivity index (χ3n) is 3.99. The highest BCUT2D eigenvalue weighted by Gasteiger charge is 2.46. The molecule has 0 saturated heterocycles. The highest BCUT2D eigenvalue weighted by atomic mass is 16.3. The number of rotatable bonds is 0. The highest BCUT2D eigenvalue weighted by molar-refractivity contribution is 4.99. The van der Waals surface area contributed by atoms with E-state index in [4.69, 9.17) is 5.73 Å². The van der Waals surface area contributed by atoms with Gasteiger partial charge >= 0.3 is 0 Å². The zero-order valence-corrected chi connectivity index (χ0v) is 7.74. The second kappa shape index (κ2) is 3.00. The molecular formula is C10H19NO. The summed E-state index contributed by atoms with van der Waals surface area (Å²) in [6.07, 6.45) is 4.90. The summed E-state index contributed by atoms with van der Waals surface area (Å²) in [7, 11) is 0. The third-order valence-corrected chi connectivity index (χ3v) is 3.99. The minimum absolute atomic E-state index is 0.0399. The molecule has 12 heavy (non-hydrogen) atoms. The van der Waals surface area contributed by atoms with E-state index in [-0.39, 0.29) is 12.1 Å². The van der Waals surface area contributed by atoms with Crippen molar-refractivity contribution < 1.29 is 5.11 Å². The van der Waals surface area contributed by atoms with Crippen molar-refractivity contribution in [2.75, 3.05) is 0 Å². The molecular weight excluding hydrogens is 150 g/mol. The van der Waals surface area contributed by atoms with E-state index in [0.29, 0.717) is 17.8 Å². The summed E-state index contributed by atoms with van der Waals surface area (Å²) in [5.41, 5.74) is 5.93. The van der Waals surface area contributed by atoms with Crippen molar-refractivity contribution in [3.05, 3.63) is 0 Å². The molecule has 2 rings (SSSR count). The van der Waals surface area contributed by atoms with Crippen LogP contribution in [0.15, 0.2) is 0 Å². The lowest BCUT2D eigenvalue weighted by Gasteiger charge is -2.28. The van der Waals surface area contributed by atoms with Crippen LogP contribution >= 0.6 is 0 Å². The molecule has 2 aliphatic rings. The highest BCUT2D eigenvalue weighted by Crippen LogP contribution is 2.45. The molecule has 0 aromatic heterocycles. The number of fused-ring (bicyclic) bond motifs is 1. The van der Waals surface area contributed by atoms with Crippen LogP contribution < -0.4 is 5.73 Å². The Morgan fingerprint density at radius 2 is 1.75 bits per heavy atom. The molecule has 5 atom stereocenters. The Kier molecular flexibility index (Phi) is 2.13. The van der Waals surface area contributed by atoms with Crippen molar-refractivity contribution in [3.63, 3.8) is 0 Å². The van der Waals surface area contributed by atoms with E-state index in [1.807, 2.05) is 0 Å². The van der Waals surface area contributed by atoms with Gasteiger partial charge in [0.05, 0.1) is 6.10 Å². The molecule has 0 spiro atoms. The van der Waals surface area contributed by atoms with Gasteiger partial charge in [-0.25, -0.2) is 0 Å². The smallest absolute Gasteiger partial charge is 0.0724 e. The summed E-state index contributed by atoms with van der Waals surface area (Å²) in [6, 6.07) is 0.0399. The monoisotopic (exact) mass is 169 g/mol. The van der Waals surface area contributed by atoms with E-state index in [1.165, 1.54) is 25.7 Å². The summed E-state index contributed by atoms with van der Waals surface area (Å²) in [5, 5.41) is 9.84. The standard InChI is InChI=1S/C10H19NO/c1-6-7-4-2-3-5-8(7)10(12)9(6)11/h6-10,12H,2-5,11H2,1H3. The van der Waals surface area contributed by atoms with Crippen LogP contribution in [0.25, 0.3) is 0 Å². The van der Waals surface area contributed by atoms with E-state index in [0.717, 1.165) is 0 Å². The molecule has 5 unspecified atom stereocenters. The molecule has 0 amide bonds. The molecule has 2 saturated carbocycles. The largest absolute Gasteiger partial charge is 0.391 e. The number of aliphatic hydroxyl groups excluding tert-OH is 1. The molecule has 0 aromatic carbocycles. The minimum Gasteiger partial charge on any atom is -0.391 e. The number of hydrogen-bond donors (Lipinski definition) is 2. The Balaban J connectivity index is 2.14. The first-order valence-corrected chi connectivity index (χ1v) is 5.15. The number of aliphatic hydroxyl groups is 1. The molecule has 2 nitrogen and oxygen atoms in total. The molecule has 0 heterocycles. The summed E-state index contributed by atoms with van der Waals surface area (Å²) in [6.45, 7) is 2.20. The van der Waals surface area contributed by atoms with Gasteiger partial charge in [-0.15, -0.1) is 0 Å². The van der Waals surface area contributed by atoms with Gasteiger partial charge in [0.15, 0.2) is 0 Å². The van der Waals surface area contributed by atoms with Gasteiger partial charge in [0.25, 0.3) is 0 Å². The van der Waals surface area contributed by atoms with Crippen molar-refractivity contribution >= 4 is 0 Å². The Hall–Kier alpha value is -0.0800. The lowest BCUT2D eigenvalue weighted by atomic mass is 9.78. The van der Waals surface area contributed by atoms with E-state index >= 15 is 0 Å². The third kappa shape index (κ3) is 1.09.